The van der Waals surface area contributed by atoms with E-state index in [0.29, 0.717) is 24.3 Å². The third kappa shape index (κ3) is 2.93. The van der Waals surface area contributed by atoms with Crippen molar-refractivity contribution in [3.05, 3.63) is 49.1 Å². The fourth-order valence-corrected chi connectivity index (χ4v) is 1.98. The van der Waals surface area contributed by atoms with Crippen LogP contribution in [0.15, 0.2) is 43.5 Å². The lowest BCUT2D eigenvalue weighted by Gasteiger charge is -2.28. The van der Waals surface area contributed by atoms with Gasteiger partial charge in [0.1, 0.15) is 0 Å². The Balaban J connectivity index is 3.20. The average molecular weight is 247 g/mol. The summed E-state index contributed by atoms with van der Waals surface area (Å²) in [5.41, 5.74) is 6.91. The molecule has 0 atom stereocenters. The molecule has 0 unspecified atom stereocenters. The van der Waals surface area contributed by atoms with Crippen LogP contribution >= 0.6 is 0 Å². The Kier molecular flexibility index (Phi) is 4.98. The standard InChI is InChI=1S/C15H21NO2/c1-5-9-15(16,10-6-2)12-7-8-13(17-3)14(11-12)18-4/h5-8,11H,1-2,9-10,16H2,3-4H3. The molecule has 0 fully saturated rings. The largest absolute Gasteiger partial charge is 0.493 e. The summed E-state index contributed by atoms with van der Waals surface area (Å²) < 4.78 is 10.5. The van der Waals surface area contributed by atoms with Crippen LogP contribution in [0.25, 0.3) is 0 Å². The van der Waals surface area contributed by atoms with Crippen molar-refractivity contribution in [1.29, 1.82) is 0 Å². The molecule has 1 aromatic carbocycles. The van der Waals surface area contributed by atoms with Gasteiger partial charge in [-0.05, 0) is 30.5 Å². The minimum atomic E-state index is -0.497. The van der Waals surface area contributed by atoms with Gasteiger partial charge in [0.05, 0.1) is 14.2 Å². The summed E-state index contributed by atoms with van der Waals surface area (Å²) in [6.07, 6.45) is 4.99. The molecular formula is C15H21NO2. The minimum absolute atomic E-state index is 0.497. The van der Waals surface area contributed by atoms with Crippen LogP contribution in [0.5, 0.6) is 11.5 Å². The van der Waals surface area contributed by atoms with E-state index in [4.69, 9.17) is 15.2 Å². The van der Waals surface area contributed by atoms with Gasteiger partial charge in [-0.2, -0.15) is 0 Å². The molecule has 98 valence electrons. The van der Waals surface area contributed by atoms with Gasteiger partial charge in [0, 0.05) is 5.54 Å². The lowest BCUT2D eigenvalue weighted by Crippen LogP contribution is -2.35. The lowest BCUT2D eigenvalue weighted by atomic mass is 9.84. The second-order valence-electron chi connectivity index (χ2n) is 4.21. The van der Waals surface area contributed by atoms with Gasteiger partial charge in [0.2, 0.25) is 0 Å². The summed E-state index contributed by atoms with van der Waals surface area (Å²) in [6.45, 7) is 7.52. The van der Waals surface area contributed by atoms with Crippen LogP contribution in [0.1, 0.15) is 18.4 Å². The third-order valence-corrected chi connectivity index (χ3v) is 2.98. The Hall–Kier alpha value is -1.74. The van der Waals surface area contributed by atoms with E-state index in [9.17, 15) is 0 Å². The van der Waals surface area contributed by atoms with Gasteiger partial charge in [0.25, 0.3) is 0 Å². The smallest absolute Gasteiger partial charge is 0.161 e. The van der Waals surface area contributed by atoms with Gasteiger partial charge in [-0.3, -0.25) is 0 Å². The van der Waals surface area contributed by atoms with Crippen LogP contribution in [0.2, 0.25) is 0 Å². The first kappa shape index (κ1) is 14.3. The van der Waals surface area contributed by atoms with Crippen molar-refractivity contribution in [2.75, 3.05) is 14.2 Å². The maximum atomic E-state index is 6.42. The fraction of sp³-hybridized carbons (Fsp3) is 0.333. The first-order valence-corrected chi connectivity index (χ1v) is 5.84. The predicted molar refractivity (Wildman–Crippen MR) is 75.0 cm³/mol. The van der Waals surface area contributed by atoms with Crippen molar-refractivity contribution in [3.63, 3.8) is 0 Å². The molecule has 1 aromatic rings. The molecule has 0 spiro atoms. The van der Waals surface area contributed by atoms with Gasteiger partial charge in [-0.25, -0.2) is 0 Å². The van der Waals surface area contributed by atoms with Crippen molar-refractivity contribution in [1.82, 2.24) is 0 Å². The molecule has 0 aliphatic rings. The van der Waals surface area contributed by atoms with Gasteiger partial charge in [0.15, 0.2) is 11.5 Å². The van der Waals surface area contributed by atoms with E-state index in [0.717, 1.165) is 5.56 Å². The second-order valence-corrected chi connectivity index (χ2v) is 4.21. The molecule has 2 N–H and O–H groups in total. The third-order valence-electron chi connectivity index (χ3n) is 2.98. The molecule has 3 nitrogen and oxygen atoms in total. The Morgan fingerprint density at radius 1 is 1.11 bits per heavy atom. The summed E-state index contributed by atoms with van der Waals surface area (Å²) in [5.74, 6) is 1.37. The molecule has 0 amide bonds. The minimum Gasteiger partial charge on any atom is -0.493 e. The zero-order valence-corrected chi connectivity index (χ0v) is 11.1. The number of methoxy groups -OCH3 is 2. The number of hydrogen-bond donors (Lipinski definition) is 1. The molecule has 0 aromatic heterocycles. The molecule has 1 rings (SSSR count). The molecular weight excluding hydrogens is 226 g/mol. The summed E-state index contributed by atoms with van der Waals surface area (Å²) in [7, 11) is 3.22. The van der Waals surface area contributed by atoms with Crippen LogP contribution in [0.4, 0.5) is 0 Å². The van der Waals surface area contributed by atoms with Crippen LogP contribution in [0, 0.1) is 0 Å². The second kappa shape index (κ2) is 6.26. The number of ether oxygens (including phenoxy) is 2. The van der Waals surface area contributed by atoms with E-state index < -0.39 is 5.54 Å². The zero-order valence-electron chi connectivity index (χ0n) is 11.1. The van der Waals surface area contributed by atoms with Crippen molar-refractivity contribution in [3.8, 4) is 11.5 Å². The predicted octanol–water partition coefficient (Wildman–Crippen LogP) is 3.01. The van der Waals surface area contributed by atoms with E-state index in [-0.39, 0.29) is 0 Å². The zero-order chi connectivity index (χ0) is 13.6. The molecule has 0 saturated heterocycles. The van der Waals surface area contributed by atoms with Crippen LogP contribution in [-0.2, 0) is 5.54 Å². The van der Waals surface area contributed by atoms with Crippen molar-refractivity contribution < 1.29 is 9.47 Å². The highest BCUT2D eigenvalue weighted by molar-refractivity contribution is 5.45. The highest BCUT2D eigenvalue weighted by atomic mass is 16.5. The Bertz CT molecular complexity index is 417. The Morgan fingerprint density at radius 2 is 1.67 bits per heavy atom. The van der Waals surface area contributed by atoms with Crippen molar-refractivity contribution in [2.24, 2.45) is 5.73 Å². The fourth-order valence-electron chi connectivity index (χ4n) is 1.98. The average Bonchev–Trinajstić information content (AvgIpc) is 2.38. The summed E-state index contributed by atoms with van der Waals surface area (Å²) in [5, 5.41) is 0. The monoisotopic (exact) mass is 247 g/mol. The molecule has 0 bridgehead atoms. The van der Waals surface area contributed by atoms with E-state index in [1.807, 2.05) is 30.4 Å². The van der Waals surface area contributed by atoms with Gasteiger partial charge >= 0.3 is 0 Å². The number of hydrogen-bond acceptors (Lipinski definition) is 3. The SMILES string of the molecule is C=CCC(N)(CC=C)c1ccc(OC)c(OC)c1. The Labute approximate surface area is 109 Å². The summed E-state index contributed by atoms with van der Waals surface area (Å²) in [4.78, 5) is 0. The van der Waals surface area contributed by atoms with Crippen LogP contribution in [0.3, 0.4) is 0 Å². The van der Waals surface area contributed by atoms with Gasteiger partial charge in [-0.1, -0.05) is 18.2 Å². The number of nitrogens with two attached hydrogens (primary N) is 1. The molecule has 0 heterocycles. The van der Waals surface area contributed by atoms with Crippen molar-refractivity contribution >= 4 is 0 Å². The van der Waals surface area contributed by atoms with E-state index in [2.05, 4.69) is 13.2 Å². The maximum Gasteiger partial charge on any atom is 0.161 e. The molecule has 18 heavy (non-hydrogen) atoms. The topological polar surface area (TPSA) is 44.5 Å². The van der Waals surface area contributed by atoms with Gasteiger partial charge in [-0.15, -0.1) is 13.2 Å². The normalized spacial score (nSPS) is 10.8. The molecule has 0 radical (unpaired) electrons. The number of benzene rings is 1. The first-order chi connectivity index (χ1) is 8.61. The molecule has 0 saturated carbocycles. The maximum absolute atomic E-state index is 6.42. The highest BCUT2D eigenvalue weighted by Gasteiger charge is 2.25. The molecule has 0 aliphatic heterocycles. The van der Waals surface area contributed by atoms with Gasteiger partial charge < -0.3 is 15.2 Å². The first-order valence-electron chi connectivity index (χ1n) is 5.84. The Morgan fingerprint density at radius 3 is 2.11 bits per heavy atom. The van der Waals surface area contributed by atoms with Crippen molar-refractivity contribution in [2.45, 2.75) is 18.4 Å². The number of rotatable bonds is 7. The van der Waals surface area contributed by atoms with E-state index in [1.54, 1.807) is 14.2 Å². The van der Waals surface area contributed by atoms with Crippen LogP contribution in [-0.4, -0.2) is 14.2 Å². The van der Waals surface area contributed by atoms with E-state index in [1.165, 1.54) is 0 Å². The highest BCUT2D eigenvalue weighted by Crippen LogP contribution is 2.34. The quantitative estimate of drug-likeness (QED) is 0.753. The summed E-state index contributed by atoms with van der Waals surface area (Å²) in [6, 6.07) is 5.72. The molecule has 0 aliphatic carbocycles. The molecule has 3 heteroatoms. The van der Waals surface area contributed by atoms with E-state index >= 15 is 0 Å². The lowest BCUT2D eigenvalue weighted by molar-refractivity contribution is 0.352. The van der Waals surface area contributed by atoms with Crippen LogP contribution < -0.4 is 15.2 Å². The summed E-state index contributed by atoms with van der Waals surface area (Å²) >= 11 is 0.